The second-order valence-corrected chi connectivity index (χ2v) is 11.4. The molecule has 0 saturated carbocycles. The summed E-state index contributed by atoms with van der Waals surface area (Å²) in [6, 6.07) is 9.90. The highest BCUT2D eigenvalue weighted by atomic mass is 35.5. The van der Waals surface area contributed by atoms with Gasteiger partial charge in [0.15, 0.2) is 5.69 Å². The Morgan fingerprint density at radius 2 is 1.87 bits per heavy atom. The molecule has 2 amide bonds. The van der Waals surface area contributed by atoms with Crippen LogP contribution in [0, 0.1) is 0 Å². The number of hydrogen-bond donors (Lipinski definition) is 1. The number of hydrogen-bond acceptors (Lipinski definition) is 7. The molecule has 0 unspecified atom stereocenters. The molecular weight excluding hydrogens is 462 g/mol. The van der Waals surface area contributed by atoms with Gasteiger partial charge in [-0.15, -0.1) is 11.3 Å². The van der Waals surface area contributed by atoms with Gasteiger partial charge in [0.2, 0.25) is 10.0 Å². The Bertz CT molecular complexity index is 1020. The van der Waals surface area contributed by atoms with Gasteiger partial charge in [-0.1, -0.05) is 41.9 Å². The fourth-order valence-corrected chi connectivity index (χ4v) is 4.24. The molecule has 1 aromatic heterocycles. The smallest absolute Gasteiger partial charge is 0.410 e. The maximum atomic E-state index is 12.7. The fourth-order valence-electron chi connectivity index (χ4n) is 2.61. The molecule has 11 heteroatoms. The molecular formula is C20H26ClN3O5S2. The van der Waals surface area contributed by atoms with Crippen LogP contribution >= 0.6 is 22.9 Å². The van der Waals surface area contributed by atoms with Crippen LogP contribution in [-0.4, -0.2) is 48.7 Å². The van der Waals surface area contributed by atoms with Gasteiger partial charge in [0.05, 0.1) is 12.8 Å². The number of aromatic nitrogens is 1. The van der Waals surface area contributed by atoms with Gasteiger partial charge in [0, 0.05) is 6.54 Å². The first-order valence-electron chi connectivity index (χ1n) is 9.53. The summed E-state index contributed by atoms with van der Waals surface area (Å²) in [5.41, 5.74) is 0.291. The standard InChI is InChI=1S/C20H26ClN3O5S2/c1-20(2,3)29-19(26)24(12-8-11-14-9-6-5-7-10-14)13-15-22-16(17(21)30-15)18(25)23-31(4,27)28/h5-7,9-10H,8,11-13H2,1-4H3,(H,23,25). The molecule has 2 aromatic rings. The van der Waals surface area contributed by atoms with Crippen molar-refractivity contribution in [3.05, 3.63) is 50.9 Å². The summed E-state index contributed by atoms with van der Waals surface area (Å²) in [5, 5.41) is 0.397. The summed E-state index contributed by atoms with van der Waals surface area (Å²) in [6.07, 6.45) is 1.84. The number of halogens is 1. The highest BCUT2D eigenvalue weighted by Crippen LogP contribution is 2.26. The van der Waals surface area contributed by atoms with Crippen LogP contribution in [0.1, 0.15) is 48.3 Å². The zero-order valence-corrected chi connectivity index (χ0v) is 20.2. The molecule has 0 saturated heterocycles. The number of benzene rings is 1. The number of carbonyl (C=O) groups excluding carboxylic acids is 2. The highest BCUT2D eigenvalue weighted by Gasteiger charge is 2.25. The maximum Gasteiger partial charge on any atom is 0.410 e. The van der Waals surface area contributed by atoms with E-state index in [1.165, 1.54) is 4.90 Å². The Hall–Kier alpha value is -2.17. The molecule has 0 aliphatic carbocycles. The lowest BCUT2D eigenvalue weighted by atomic mass is 10.1. The first kappa shape index (κ1) is 25.1. The van der Waals surface area contributed by atoms with Gasteiger partial charge in [-0.05, 0) is 39.2 Å². The number of ether oxygens (including phenoxy) is 1. The third-order valence-corrected chi connectivity index (χ3v) is 5.63. The fraction of sp³-hybridized carbons (Fsp3) is 0.450. The van der Waals surface area contributed by atoms with Crippen LogP contribution in [0.25, 0.3) is 0 Å². The van der Waals surface area contributed by atoms with Crippen LogP contribution in [0.15, 0.2) is 30.3 Å². The Morgan fingerprint density at radius 1 is 1.23 bits per heavy atom. The van der Waals surface area contributed by atoms with Crippen LogP contribution in [0.4, 0.5) is 4.79 Å². The van der Waals surface area contributed by atoms with Crippen molar-refractivity contribution in [1.82, 2.24) is 14.6 Å². The molecule has 0 atom stereocenters. The van der Waals surface area contributed by atoms with Crippen molar-refractivity contribution >= 4 is 45.0 Å². The molecule has 0 aliphatic heterocycles. The molecule has 0 aliphatic rings. The van der Waals surface area contributed by atoms with E-state index in [2.05, 4.69) is 4.98 Å². The van der Waals surface area contributed by atoms with Crippen LogP contribution in [-0.2, 0) is 27.7 Å². The number of thiazole rings is 1. The van der Waals surface area contributed by atoms with Gasteiger partial charge in [-0.2, -0.15) is 0 Å². The van der Waals surface area contributed by atoms with Crippen molar-refractivity contribution in [2.45, 2.75) is 45.8 Å². The SMILES string of the molecule is CC(C)(C)OC(=O)N(CCCc1ccccc1)Cc1nc(C(=O)NS(C)(=O)=O)c(Cl)s1. The predicted molar refractivity (Wildman–Crippen MR) is 121 cm³/mol. The molecule has 31 heavy (non-hydrogen) atoms. The normalized spacial score (nSPS) is 11.8. The average Bonchev–Trinajstić information content (AvgIpc) is 2.99. The number of nitrogens with zero attached hydrogens (tertiary/aromatic N) is 2. The van der Waals surface area contributed by atoms with Crippen molar-refractivity contribution < 1.29 is 22.7 Å². The predicted octanol–water partition coefficient (Wildman–Crippen LogP) is 3.86. The quantitative estimate of drug-likeness (QED) is 0.606. The lowest BCUT2D eigenvalue weighted by molar-refractivity contribution is 0.0231. The first-order valence-corrected chi connectivity index (χ1v) is 12.6. The number of aryl methyl sites for hydroxylation is 1. The molecule has 2 rings (SSSR count). The van der Waals surface area contributed by atoms with E-state index in [1.807, 2.05) is 35.1 Å². The number of carbonyl (C=O) groups is 2. The lowest BCUT2D eigenvalue weighted by Gasteiger charge is -2.27. The minimum Gasteiger partial charge on any atom is -0.444 e. The zero-order chi connectivity index (χ0) is 23.2. The summed E-state index contributed by atoms with van der Waals surface area (Å²) in [6.45, 7) is 5.83. The van der Waals surface area contributed by atoms with Gasteiger partial charge in [0.25, 0.3) is 5.91 Å². The van der Waals surface area contributed by atoms with Gasteiger partial charge in [-0.25, -0.2) is 22.9 Å². The summed E-state index contributed by atoms with van der Waals surface area (Å²) in [7, 11) is -3.75. The summed E-state index contributed by atoms with van der Waals surface area (Å²) < 4.78 is 30.0. The molecule has 0 bridgehead atoms. The van der Waals surface area contributed by atoms with E-state index in [0.717, 1.165) is 29.6 Å². The minimum absolute atomic E-state index is 0.0459. The van der Waals surface area contributed by atoms with Crippen LogP contribution in [0.2, 0.25) is 4.34 Å². The van der Waals surface area contributed by atoms with E-state index in [4.69, 9.17) is 16.3 Å². The Kier molecular flexibility index (Phi) is 8.44. The van der Waals surface area contributed by atoms with Crippen LogP contribution in [0.3, 0.4) is 0 Å². The molecule has 1 aromatic carbocycles. The van der Waals surface area contributed by atoms with Crippen molar-refractivity contribution in [3.8, 4) is 0 Å². The Balaban J connectivity index is 2.13. The lowest BCUT2D eigenvalue weighted by Crippen LogP contribution is -2.37. The van der Waals surface area contributed by atoms with Crippen LogP contribution < -0.4 is 4.72 Å². The second-order valence-electron chi connectivity index (χ2n) is 7.92. The number of sulfonamides is 1. The highest BCUT2D eigenvalue weighted by molar-refractivity contribution is 7.89. The van der Waals surface area contributed by atoms with E-state index >= 15 is 0 Å². The molecule has 0 radical (unpaired) electrons. The van der Waals surface area contributed by atoms with E-state index in [-0.39, 0.29) is 16.6 Å². The van der Waals surface area contributed by atoms with Gasteiger partial charge >= 0.3 is 6.09 Å². The number of rotatable bonds is 8. The van der Waals surface area contributed by atoms with Gasteiger partial charge in [-0.3, -0.25) is 4.79 Å². The Labute approximate surface area is 191 Å². The Morgan fingerprint density at radius 3 is 2.45 bits per heavy atom. The molecule has 0 spiro atoms. The molecule has 1 heterocycles. The van der Waals surface area contributed by atoms with Gasteiger partial charge < -0.3 is 9.64 Å². The van der Waals surface area contributed by atoms with Gasteiger partial charge in [0.1, 0.15) is 14.9 Å². The minimum atomic E-state index is -3.75. The second kappa shape index (κ2) is 10.4. The molecule has 170 valence electrons. The monoisotopic (exact) mass is 487 g/mol. The van der Waals surface area contributed by atoms with E-state index in [1.54, 1.807) is 20.8 Å². The first-order chi connectivity index (χ1) is 14.3. The van der Waals surface area contributed by atoms with Crippen molar-refractivity contribution in [2.75, 3.05) is 12.8 Å². The largest absolute Gasteiger partial charge is 0.444 e. The number of nitrogens with one attached hydrogen (secondary N) is 1. The van der Waals surface area contributed by atoms with E-state index in [9.17, 15) is 18.0 Å². The molecule has 8 nitrogen and oxygen atoms in total. The van der Waals surface area contributed by atoms with E-state index < -0.39 is 27.6 Å². The third kappa shape index (κ3) is 8.84. The molecule has 1 N–H and O–H groups in total. The molecule has 0 fully saturated rings. The zero-order valence-electron chi connectivity index (χ0n) is 17.8. The van der Waals surface area contributed by atoms with Crippen molar-refractivity contribution in [3.63, 3.8) is 0 Å². The maximum absolute atomic E-state index is 12.7. The summed E-state index contributed by atoms with van der Waals surface area (Å²) in [5.74, 6) is -0.914. The van der Waals surface area contributed by atoms with Crippen LogP contribution in [0.5, 0.6) is 0 Å². The summed E-state index contributed by atoms with van der Waals surface area (Å²) in [4.78, 5) is 30.4. The van der Waals surface area contributed by atoms with Crippen molar-refractivity contribution in [1.29, 1.82) is 0 Å². The topological polar surface area (TPSA) is 106 Å². The van der Waals surface area contributed by atoms with E-state index in [0.29, 0.717) is 18.0 Å². The third-order valence-electron chi connectivity index (χ3n) is 3.84. The average molecular weight is 488 g/mol. The number of amides is 2. The van der Waals surface area contributed by atoms with Crippen molar-refractivity contribution in [2.24, 2.45) is 0 Å². The summed E-state index contributed by atoms with van der Waals surface area (Å²) >= 11 is 7.10.